The molecule has 1 saturated heterocycles. The van der Waals surface area contributed by atoms with Crippen molar-refractivity contribution < 1.29 is 9.84 Å². The zero-order valence-electron chi connectivity index (χ0n) is 10.8. The van der Waals surface area contributed by atoms with Crippen molar-refractivity contribution in [3.8, 4) is 0 Å². The molecule has 0 aliphatic carbocycles. The molecule has 0 aromatic heterocycles. The minimum Gasteiger partial charge on any atom is -0.389 e. The Balaban J connectivity index is 2.27. The number of para-hydroxylation sites is 1. The maximum Gasteiger partial charge on any atom is 0.0801 e. The van der Waals surface area contributed by atoms with Gasteiger partial charge in [-0.1, -0.05) is 18.2 Å². The average molecular weight is 235 g/mol. The Labute approximate surface area is 103 Å². The van der Waals surface area contributed by atoms with Crippen LogP contribution in [0, 0.1) is 0 Å². The lowest BCUT2D eigenvalue weighted by molar-refractivity contribution is -0.0278. The maximum atomic E-state index is 9.81. The summed E-state index contributed by atoms with van der Waals surface area (Å²) >= 11 is 0. The highest BCUT2D eigenvalue weighted by Crippen LogP contribution is 2.29. The van der Waals surface area contributed by atoms with Gasteiger partial charge in [0.25, 0.3) is 0 Å². The number of aliphatic hydroxyl groups is 1. The van der Waals surface area contributed by atoms with Gasteiger partial charge in [0.2, 0.25) is 0 Å². The van der Waals surface area contributed by atoms with Gasteiger partial charge in [0.1, 0.15) is 0 Å². The van der Waals surface area contributed by atoms with Gasteiger partial charge in [-0.15, -0.1) is 0 Å². The monoisotopic (exact) mass is 235 g/mol. The van der Waals surface area contributed by atoms with Gasteiger partial charge in [-0.3, -0.25) is 0 Å². The molecule has 1 atom stereocenters. The summed E-state index contributed by atoms with van der Waals surface area (Å²) in [6.07, 6.45) is -0.433. The van der Waals surface area contributed by atoms with E-state index < -0.39 is 6.10 Å². The molecular weight excluding hydrogens is 214 g/mol. The SMILES string of the molecule is CC(O)c1ccccc1N1CCOC(C)(C)C1. The minimum absolute atomic E-state index is 0.121. The number of benzene rings is 1. The highest BCUT2D eigenvalue weighted by atomic mass is 16.5. The van der Waals surface area contributed by atoms with E-state index in [1.165, 1.54) is 0 Å². The third kappa shape index (κ3) is 2.79. The number of morpholine rings is 1. The Bertz CT molecular complexity index is 388. The van der Waals surface area contributed by atoms with Crippen molar-refractivity contribution in [1.82, 2.24) is 0 Å². The standard InChI is InChI=1S/C14H21NO2/c1-11(16)12-6-4-5-7-13(12)15-8-9-17-14(2,3)10-15/h4-7,11,16H,8-10H2,1-3H3. The van der Waals surface area contributed by atoms with Crippen LogP contribution in [0.4, 0.5) is 5.69 Å². The Morgan fingerprint density at radius 3 is 2.71 bits per heavy atom. The Kier molecular flexibility index (Phi) is 3.40. The fourth-order valence-corrected chi connectivity index (χ4v) is 2.35. The van der Waals surface area contributed by atoms with Gasteiger partial charge in [-0.2, -0.15) is 0 Å². The van der Waals surface area contributed by atoms with Gasteiger partial charge < -0.3 is 14.7 Å². The van der Waals surface area contributed by atoms with Crippen LogP contribution in [-0.4, -0.2) is 30.4 Å². The van der Waals surface area contributed by atoms with Gasteiger partial charge in [0, 0.05) is 24.3 Å². The lowest BCUT2D eigenvalue weighted by atomic mass is 10.0. The first kappa shape index (κ1) is 12.4. The van der Waals surface area contributed by atoms with E-state index in [9.17, 15) is 5.11 Å². The first-order valence-electron chi connectivity index (χ1n) is 6.15. The zero-order valence-corrected chi connectivity index (χ0v) is 10.8. The molecule has 3 heteroatoms. The van der Waals surface area contributed by atoms with E-state index in [1.54, 1.807) is 0 Å². The van der Waals surface area contributed by atoms with Crippen LogP contribution in [-0.2, 0) is 4.74 Å². The van der Waals surface area contributed by atoms with Crippen LogP contribution in [0.1, 0.15) is 32.4 Å². The van der Waals surface area contributed by atoms with Gasteiger partial charge in [0.15, 0.2) is 0 Å². The van der Waals surface area contributed by atoms with Crippen LogP contribution >= 0.6 is 0 Å². The molecule has 1 fully saturated rings. The number of anilines is 1. The average Bonchev–Trinajstić information content (AvgIpc) is 2.27. The van der Waals surface area contributed by atoms with Crippen LogP contribution in [0.25, 0.3) is 0 Å². The van der Waals surface area contributed by atoms with Crippen LogP contribution in [0.15, 0.2) is 24.3 Å². The van der Waals surface area contributed by atoms with Crippen molar-refractivity contribution in [1.29, 1.82) is 0 Å². The van der Waals surface area contributed by atoms with E-state index in [1.807, 2.05) is 25.1 Å². The minimum atomic E-state index is -0.433. The molecule has 3 nitrogen and oxygen atoms in total. The fraction of sp³-hybridized carbons (Fsp3) is 0.571. The number of hydrogen-bond donors (Lipinski definition) is 1. The smallest absolute Gasteiger partial charge is 0.0801 e. The molecule has 2 rings (SSSR count). The quantitative estimate of drug-likeness (QED) is 0.854. The molecule has 1 aliphatic rings. The Hall–Kier alpha value is -1.06. The molecule has 0 radical (unpaired) electrons. The number of nitrogens with zero attached hydrogens (tertiary/aromatic N) is 1. The van der Waals surface area contributed by atoms with Gasteiger partial charge in [0.05, 0.1) is 18.3 Å². The van der Waals surface area contributed by atoms with E-state index >= 15 is 0 Å². The van der Waals surface area contributed by atoms with E-state index in [4.69, 9.17) is 4.74 Å². The van der Waals surface area contributed by atoms with Crippen molar-refractivity contribution in [2.45, 2.75) is 32.5 Å². The predicted molar refractivity (Wildman–Crippen MR) is 69.3 cm³/mol. The summed E-state index contributed by atoms with van der Waals surface area (Å²) in [7, 11) is 0. The molecular formula is C14H21NO2. The normalized spacial score (nSPS) is 21.3. The second-order valence-corrected chi connectivity index (χ2v) is 5.26. The summed E-state index contributed by atoms with van der Waals surface area (Å²) in [5.74, 6) is 0. The summed E-state index contributed by atoms with van der Waals surface area (Å²) < 4.78 is 5.71. The molecule has 17 heavy (non-hydrogen) atoms. The third-order valence-corrected chi connectivity index (χ3v) is 3.15. The molecule has 1 aromatic carbocycles. The number of rotatable bonds is 2. The molecule has 1 N–H and O–H groups in total. The Morgan fingerprint density at radius 1 is 1.35 bits per heavy atom. The van der Waals surface area contributed by atoms with Crippen molar-refractivity contribution >= 4 is 5.69 Å². The van der Waals surface area contributed by atoms with Crippen molar-refractivity contribution in [3.63, 3.8) is 0 Å². The molecule has 0 amide bonds. The summed E-state index contributed by atoms with van der Waals surface area (Å²) in [5.41, 5.74) is 1.99. The van der Waals surface area contributed by atoms with Crippen LogP contribution in [0.5, 0.6) is 0 Å². The van der Waals surface area contributed by atoms with Gasteiger partial charge in [-0.05, 0) is 26.8 Å². The largest absolute Gasteiger partial charge is 0.389 e. The van der Waals surface area contributed by atoms with Crippen molar-refractivity contribution in [3.05, 3.63) is 29.8 Å². The summed E-state index contributed by atoms with van der Waals surface area (Å²) in [6, 6.07) is 8.05. The van der Waals surface area contributed by atoms with Crippen LogP contribution < -0.4 is 4.90 Å². The maximum absolute atomic E-state index is 9.81. The van der Waals surface area contributed by atoms with Crippen LogP contribution in [0.2, 0.25) is 0 Å². The lowest BCUT2D eigenvalue weighted by Gasteiger charge is -2.40. The third-order valence-electron chi connectivity index (χ3n) is 3.15. The lowest BCUT2D eigenvalue weighted by Crippen LogP contribution is -2.48. The Morgan fingerprint density at radius 2 is 2.06 bits per heavy atom. The van der Waals surface area contributed by atoms with E-state index in [0.717, 1.165) is 30.9 Å². The molecule has 0 spiro atoms. The van der Waals surface area contributed by atoms with Crippen LogP contribution in [0.3, 0.4) is 0 Å². The molecule has 1 unspecified atom stereocenters. The second kappa shape index (κ2) is 4.67. The summed E-state index contributed by atoms with van der Waals surface area (Å²) in [6.45, 7) is 8.49. The fourth-order valence-electron chi connectivity index (χ4n) is 2.35. The topological polar surface area (TPSA) is 32.7 Å². The summed E-state index contributed by atoms with van der Waals surface area (Å²) in [4.78, 5) is 2.30. The first-order chi connectivity index (χ1) is 7.99. The van der Waals surface area contributed by atoms with E-state index in [2.05, 4.69) is 24.8 Å². The number of hydrogen-bond acceptors (Lipinski definition) is 3. The molecule has 1 aliphatic heterocycles. The number of aliphatic hydroxyl groups excluding tert-OH is 1. The van der Waals surface area contributed by atoms with Gasteiger partial charge in [-0.25, -0.2) is 0 Å². The molecule has 94 valence electrons. The highest BCUT2D eigenvalue weighted by Gasteiger charge is 2.28. The van der Waals surface area contributed by atoms with Crippen molar-refractivity contribution in [2.24, 2.45) is 0 Å². The molecule has 1 heterocycles. The van der Waals surface area contributed by atoms with Crippen molar-refractivity contribution in [2.75, 3.05) is 24.6 Å². The second-order valence-electron chi connectivity index (χ2n) is 5.26. The number of ether oxygens (including phenoxy) is 1. The molecule has 1 aromatic rings. The molecule has 0 bridgehead atoms. The van der Waals surface area contributed by atoms with E-state index in [0.29, 0.717) is 0 Å². The predicted octanol–water partition coefficient (Wildman–Crippen LogP) is 2.36. The van der Waals surface area contributed by atoms with E-state index in [-0.39, 0.29) is 5.60 Å². The molecule has 0 saturated carbocycles. The first-order valence-corrected chi connectivity index (χ1v) is 6.15. The highest BCUT2D eigenvalue weighted by molar-refractivity contribution is 5.55. The summed E-state index contributed by atoms with van der Waals surface area (Å²) in [5, 5.41) is 9.81. The van der Waals surface area contributed by atoms with Gasteiger partial charge >= 0.3 is 0 Å². The zero-order chi connectivity index (χ0) is 12.5.